The van der Waals surface area contributed by atoms with E-state index in [-0.39, 0.29) is 5.41 Å². The first-order valence-corrected chi connectivity index (χ1v) is 10.5. The largest absolute Gasteiger partial charge is 0.387 e. The van der Waals surface area contributed by atoms with Gasteiger partial charge in [0, 0.05) is 5.56 Å². The molecule has 0 saturated carbocycles. The van der Waals surface area contributed by atoms with Gasteiger partial charge < -0.3 is 14.6 Å². The van der Waals surface area contributed by atoms with Crippen molar-refractivity contribution in [2.75, 3.05) is 0 Å². The fraction of sp³-hybridized carbons (Fsp3) is 0.625. The summed E-state index contributed by atoms with van der Waals surface area (Å²) >= 11 is 12.0. The van der Waals surface area contributed by atoms with Crippen molar-refractivity contribution in [3.63, 3.8) is 0 Å². The second-order valence-corrected chi connectivity index (χ2v) is 9.79. The molecule has 0 bridgehead atoms. The molecule has 0 amide bonds. The molecule has 125 valence electrons. The van der Waals surface area contributed by atoms with Crippen LogP contribution in [-0.2, 0) is 10.2 Å². The molecule has 0 aliphatic rings. The minimum absolute atomic E-state index is 0.0613. The monoisotopic (exact) mass is 363 g/mol. The highest BCUT2D eigenvalue weighted by Crippen LogP contribution is 2.35. The Labute approximate surface area is 144 Å². The van der Waals surface area contributed by atoms with E-state index in [0.29, 0.717) is 22.0 Å². The molecule has 1 aromatic rings. The molecular formula is C16H25Cl2O3Si. The van der Waals surface area contributed by atoms with Crippen LogP contribution in [0.25, 0.3) is 0 Å². The zero-order chi connectivity index (χ0) is 17.1. The van der Waals surface area contributed by atoms with E-state index >= 15 is 0 Å². The van der Waals surface area contributed by atoms with Gasteiger partial charge in [-0.25, -0.2) is 0 Å². The van der Waals surface area contributed by atoms with Crippen LogP contribution in [0.1, 0.15) is 39.2 Å². The topological polar surface area (TPSA) is 49.7 Å². The normalized spacial score (nSPS) is 16.6. The highest BCUT2D eigenvalue weighted by Gasteiger charge is 2.40. The van der Waals surface area contributed by atoms with Crippen LogP contribution >= 0.6 is 23.2 Å². The summed E-state index contributed by atoms with van der Waals surface area (Å²) in [6.45, 7) is 10.1. The Morgan fingerprint density at radius 2 is 1.77 bits per heavy atom. The number of halogens is 2. The molecule has 0 heterocycles. The number of hydrogen-bond donors (Lipinski definition) is 2. The summed E-state index contributed by atoms with van der Waals surface area (Å²) in [5, 5.41) is 22.3. The summed E-state index contributed by atoms with van der Waals surface area (Å²) < 4.78 is 5.75. The van der Waals surface area contributed by atoms with Gasteiger partial charge in [0.1, 0.15) is 6.10 Å². The third-order valence-electron chi connectivity index (χ3n) is 3.31. The van der Waals surface area contributed by atoms with Gasteiger partial charge in [0.25, 0.3) is 0 Å². The first kappa shape index (κ1) is 19.9. The van der Waals surface area contributed by atoms with Gasteiger partial charge in [-0.2, -0.15) is 0 Å². The lowest BCUT2D eigenvalue weighted by Crippen LogP contribution is -2.45. The van der Waals surface area contributed by atoms with Crippen molar-refractivity contribution in [3.05, 3.63) is 33.8 Å². The quantitative estimate of drug-likeness (QED) is 0.573. The lowest BCUT2D eigenvalue weighted by atomic mass is 9.86. The van der Waals surface area contributed by atoms with E-state index in [0.717, 1.165) is 6.42 Å². The van der Waals surface area contributed by atoms with E-state index in [2.05, 4.69) is 20.8 Å². The van der Waals surface area contributed by atoms with Gasteiger partial charge in [-0.05, 0) is 43.5 Å². The maximum absolute atomic E-state index is 11.0. The Bertz CT molecular complexity index is 503. The summed E-state index contributed by atoms with van der Waals surface area (Å²) in [6.07, 6.45) is 0.148. The Hall–Kier alpha value is -0.103. The van der Waals surface area contributed by atoms with E-state index in [9.17, 15) is 10.2 Å². The lowest BCUT2D eigenvalue weighted by Gasteiger charge is -2.36. The number of benzene rings is 1. The Morgan fingerprint density at radius 1 is 1.18 bits per heavy atom. The summed E-state index contributed by atoms with van der Waals surface area (Å²) in [5.74, 6) is -1.77. The molecule has 0 saturated heterocycles. The minimum atomic E-state index is -1.77. The number of hydrogen-bond acceptors (Lipinski definition) is 3. The molecule has 1 radical (unpaired) electrons. The van der Waals surface area contributed by atoms with Crippen molar-refractivity contribution in [2.45, 2.75) is 58.6 Å². The molecule has 0 fully saturated rings. The average Bonchev–Trinajstić information content (AvgIpc) is 2.37. The number of aliphatic hydroxyl groups excluding tert-OH is 1. The number of rotatable bonds is 6. The molecule has 0 aliphatic carbocycles. The van der Waals surface area contributed by atoms with E-state index in [4.69, 9.17) is 27.6 Å². The lowest BCUT2D eigenvalue weighted by molar-refractivity contribution is -0.220. The van der Waals surface area contributed by atoms with Crippen LogP contribution in [0.5, 0.6) is 0 Å². The van der Waals surface area contributed by atoms with Crippen LogP contribution in [0.15, 0.2) is 18.2 Å². The molecule has 0 aromatic heterocycles. The fourth-order valence-corrected chi connectivity index (χ4v) is 3.29. The summed E-state index contributed by atoms with van der Waals surface area (Å²) in [6, 6.07) is 4.79. The zero-order valence-electron chi connectivity index (χ0n) is 13.8. The second-order valence-electron chi connectivity index (χ2n) is 6.95. The third kappa shape index (κ3) is 5.51. The molecule has 1 aromatic carbocycles. The molecule has 1 unspecified atom stereocenters. The van der Waals surface area contributed by atoms with Crippen molar-refractivity contribution in [3.8, 4) is 0 Å². The minimum Gasteiger partial charge on any atom is -0.387 e. The molecule has 2 N–H and O–H groups in total. The molecule has 0 aliphatic heterocycles. The van der Waals surface area contributed by atoms with Gasteiger partial charge in [0.05, 0.1) is 10.0 Å². The van der Waals surface area contributed by atoms with Gasteiger partial charge in [-0.3, -0.25) is 0 Å². The predicted molar refractivity (Wildman–Crippen MR) is 93.6 cm³/mol. The molecule has 2 atom stereocenters. The Kier molecular flexibility index (Phi) is 6.93. The Morgan fingerprint density at radius 3 is 2.23 bits per heavy atom. The predicted octanol–water partition coefficient (Wildman–Crippen LogP) is 4.59. The van der Waals surface area contributed by atoms with Crippen molar-refractivity contribution < 1.29 is 14.6 Å². The van der Waals surface area contributed by atoms with Crippen LogP contribution in [0, 0.1) is 5.41 Å². The highest BCUT2D eigenvalue weighted by atomic mass is 35.5. The molecule has 6 heteroatoms. The van der Waals surface area contributed by atoms with Crippen LogP contribution in [-0.4, -0.2) is 25.4 Å². The summed E-state index contributed by atoms with van der Waals surface area (Å²) in [5.41, 5.74) is 0.487. The standard InChI is InChI=1S/C16H25Cl2O3Si/c1-15(2,3)9-8-14(19)16(20,21-22(4)5)11-6-7-12(17)13(18)10-11/h6-7,10,14,19-20H,8-9H2,1-5H3/t14-,16?/m1/s1. The second kappa shape index (κ2) is 7.64. The first-order chi connectivity index (χ1) is 9.95. The average molecular weight is 364 g/mol. The zero-order valence-corrected chi connectivity index (χ0v) is 16.3. The molecule has 3 nitrogen and oxygen atoms in total. The van der Waals surface area contributed by atoms with Crippen LogP contribution < -0.4 is 0 Å². The van der Waals surface area contributed by atoms with E-state index in [1.165, 1.54) is 0 Å². The van der Waals surface area contributed by atoms with Gasteiger partial charge in [-0.15, -0.1) is 0 Å². The van der Waals surface area contributed by atoms with Crippen molar-refractivity contribution in [1.82, 2.24) is 0 Å². The number of aliphatic hydroxyl groups is 2. The first-order valence-electron chi connectivity index (χ1n) is 7.31. The highest BCUT2D eigenvalue weighted by molar-refractivity contribution is 6.48. The van der Waals surface area contributed by atoms with Crippen molar-refractivity contribution >= 4 is 32.2 Å². The smallest absolute Gasteiger partial charge is 0.210 e. The van der Waals surface area contributed by atoms with Crippen molar-refractivity contribution in [1.29, 1.82) is 0 Å². The van der Waals surface area contributed by atoms with Gasteiger partial charge >= 0.3 is 0 Å². The van der Waals surface area contributed by atoms with Crippen LogP contribution in [0.4, 0.5) is 0 Å². The van der Waals surface area contributed by atoms with Gasteiger partial charge in [0.2, 0.25) is 14.8 Å². The van der Waals surface area contributed by atoms with Gasteiger partial charge in [-0.1, -0.05) is 50.0 Å². The third-order valence-corrected chi connectivity index (χ3v) is 4.77. The maximum atomic E-state index is 11.0. The van der Waals surface area contributed by atoms with E-state index < -0.39 is 20.9 Å². The molecule has 1 rings (SSSR count). The van der Waals surface area contributed by atoms with E-state index in [1.54, 1.807) is 18.2 Å². The SMILES string of the molecule is C[Si](C)OC(O)(c1ccc(Cl)c(Cl)c1)[C@H](O)CCC(C)(C)C. The maximum Gasteiger partial charge on any atom is 0.210 e. The van der Waals surface area contributed by atoms with Crippen LogP contribution in [0.2, 0.25) is 23.1 Å². The summed E-state index contributed by atoms with van der Waals surface area (Å²) in [7, 11) is -1.24. The fourth-order valence-electron chi connectivity index (χ4n) is 2.11. The van der Waals surface area contributed by atoms with Crippen LogP contribution in [0.3, 0.4) is 0 Å². The molecule has 0 spiro atoms. The Balaban J connectivity index is 3.10. The van der Waals surface area contributed by atoms with Gasteiger partial charge in [0.15, 0.2) is 0 Å². The van der Waals surface area contributed by atoms with Crippen molar-refractivity contribution in [2.24, 2.45) is 5.41 Å². The molecule has 22 heavy (non-hydrogen) atoms. The summed E-state index contributed by atoms with van der Waals surface area (Å²) in [4.78, 5) is 0. The van der Waals surface area contributed by atoms with E-state index in [1.807, 2.05) is 13.1 Å². The molecular weight excluding hydrogens is 339 g/mol.